The van der Waals surface area contributed by atoms with Crippen molar-refractivity contribution in [1.82, 2.24) is 4.90 Å². The second-order valence-electron chi connectivity index (χ2n) is 6.77. The molecular formula is C14H27N. The van der Waals surface area contributed by atoms with Crippen LogP contribution in [0.3, 0.4) is 0 Å². The van der Waals surface area contributed by atoms with E-state index in [1.807, 2.05) is 0 Å². The summed E-state index contributed by atoms with van der Waals surface area (Å²) in [6, 6.07) is 0.730. The van der Waals surface area contributed by atoms with E-state index >= 15 is 0 Å². The lowest BCUT2D eigenvalue weighted by Crippen LogP contribution is -2.38. The zero-order chi connectivity index (χ0) is 11.3. The average Bonchev–Trinajstić information content (AvgIpc) is 2.52. The Kier molecular flexibility index (Phi) is 2.65. The van der Waals surface area contributed by atoms with Crippen molar-refractivity contribution in [3.63, 3.8) is 0 Å². The van der Waals surface area contributed by atoms with Gasteiger partial charge in [-0.2, -0.15) is 0 Å². The predicted octanol–water partition coefficient (Wildman–Crippen LogP) is 3.54. The van der Waals surface area contributed by atoms with Crippen molar-refractivity contribution in [3.8, 4) is 0 Å². The highest BCUT2D eigenvalue weighted by Gasteiger charge is 2.58. The zero-order valence-electron chi connectivity index (χ0n) is 11.1. The van der Waals surface area contributed by atoms with Crippen molar-refractivity contribution in [3.05, 3.63) is 0 Å². The zero-order valence-corrected chi connectivity index (χ0v) is 11.1. The fourth-order valence-corrected chi connectivity index (χ4v) is 4.17. The maximum absolute atomic E-state index is 2.57. The van der Waals surface area contributed by atoms with Gasteiger partial charge in [0, 0.05) is 6.04 Å². The van der Waals surface area contributed by atoms with Crippen LogP contribution in [0.25, 0.3) is 0 Å². The highest BCUT2D eigenvalue weighted by Crippen LogP contribution is 2.67. The van der Waals surface area contributed by atoms with Gasteiger partial charge in [0.05, 0.1) is 0 Å². The SMILES string of the molecule is CC(CC1(C)C2CCC1(C)CC2)N(C)C. The fourth-order valence-electron chi connectivity index (χ4n) is 4.17. The van der Waals surface area contributed by atoms with Crippen LogP contribution in [0, 0.1) is 16.7 Å². The van der Waals surface area contributed by atoms with E-state index in [0.29, 0.717) is 10.8 Å². The first-order chi connectivity index (χ1) is 6.89. The summed E-state index contributed by atoms with van der Waals surface area (Å²) in [5, 5.41) is 0. The molecule has 1 nitrogen and oxygen atoms in total. The van der Waals surface area contributed by atoms with Crippen LogP contribution in [0.15, 0.2) is 0 Å². The van der Waals surface area contributed by atoms with E-state index in [1.165, 1.54) is 32.1 Å². The van der Waals surface area contributed by atoms with Crippen LogP contribution in [-0.4, -0.2) is 25.0 Å². The van der Waals surface area contributed by atoms with Gasteiger partial charge in [-0.15, -0.1) is 0 Å². The molecular weight excluding hydrogens is 182 g/mol. The number of nitrogens with zero attached hydrogens (tertiary/aromatic N) is 1. The van der Waals surface area contributed by atoms with Crippen LogP contribution in [0.5, 0.6) is 0 Å². The standard InChI is InChI=1S/C14H27N/c1-11(15(4)5)10-14(3)12-6-8-13(14,2)9-7-12/h11-12H,6-10H2,1-5H3. The Balaban J connectivity index is 2.13. The quantitative estimate of drug-likeness (QED) is 0.687. The maximum atomic E-state index is 2.57. The van der Waals surface area contributed by atoms with Crippen molar-refractivity contribution in [2.24, 2.45) is 16.7 Å². The van der Waals surface area contributed by atoms with E-state index in [4.69, 9.17) is 0 Å². The number of rotatable bonds is 3. The molecule has 0 aromatic carbocycles. The molecule has 0 aromatic rings. The second-order valence-corrected chi connectivity index (χ2v) is 6.77. The molecule has 0 N–H and O–H groups in total. The van der Waals surface area contributed by atoms with Crippen LogP contribution in [0.1, 0.15) is 52.9 Å². The summed E-state index contributed by atoms with van der Waals surface area (Å²) in [6.45, 7) is 7.49. The van der Waals surface area contributed by atoms with Gasteiger partial charge in [-0.05, 0) is 69.9 Å². The summed E-state index contributed by atoms with van der Waals surface area (Å²) in [5.41, 5.74) is 1.28. The van der Waals surface area contributed by atoms with Crippen LogP contribution < -0.4 is 0 Å². The molecule has 0 heterocycles. The number of fused-ring (bicyclic) bond motifs is 2. The monoisotopic (exact) mass is 209 g/mol. The molecule has 15 heavy (non-hydrogen) atoms. The van der Waals surface area contributed by atoms with E-state index in [9.17, 15) is 0 Å². The van der Waals surface area contributed by atoms with Crippen molar-refractivity contribution in [2.45, 2.75) is 58.9 Å². The second kappa shape index (κ2) is 3.48. The largest absolute Gasteiger partial charge is 0.307 e. The lowest BCUT2D eigenvalue weighted by molar-refractivity contribution is 0.0799. The van der Waals surface area contributed by atoms with Gasteiger partial charge in [0.1, 0.15) is 0 Å². The van der Waals surface area contributed by atoms with Crippen molar-refractivity contribution < 1.29 is 0 Å². The molecule has 0 aromatic heterocycles. The Labute approximate surface area is 95.2 Å². The molecule has 2 rings (SSSR count). The van der Waals surface area contributed by atoms with Crippen LogP contribution in [0.4, 0.5) is 0 Å². The smallest absolute Gasteiger partial charge is 0.00663 e. The minimum atomic E-state index is 0.622. The lowest BCUT2D eigenvalue weighted by atomic mass is 9.66. The first kappa shape index (κ1) is 11.4. The van der Waals surface area contributed by atoms with Crippen LogP contribution >= 0.6 is 0 Å². The van der Waals surface area contributed by atoms with Gasteiger partial charge in [0.2, 0.25) is 0 Å². The predicted molar refractivity (Wildman–Crippen MR) is 65.9 cm³/mol. The van der Waals surface area contributed by atoms with Crippen LogP contribution in [-0.2, 0) is 0 Å². The third-order valence-corrected chi connectivity index (χ3v) is 5.97. The van der Waals surface area contributed by atoms with Crippen molar-refractivity contribution in [2.75, 3.05) is 14.1 Å². The van der Waals surface area contributed by atoms with Gasteiger partial charge in [0.15, 0.2) is 0 Å². The van der Waals surface area contributed by atoms with Gasteiger partial charge in [-0.1, -0.05) is 13.8 Å². The Morgan fingerprint density at radius 1 is 1.20 bits per heavy atom. The fraction of sp³-hybridized carbons (Fsp3) is 1.00. The van der Waals surface area contributed by atoms with Gasteiger partial charge in [-0.25, -0.2) is 0 Å². The molecule has 0 saturated heterocycles. The summed E-state index contributed by atoms with van der Waals surface area (Å²) in [6.07, 6.45) is 7.34. The Morgan fingerprint density at radius 3 is 2.07 bits per heavy atom. The molecule has 0 spiro atoms. The molecule has 2 aliphatic carbocycles. The van der Waals surface area contributed by atoms with Crippen molar-refractivity contribution in [1.29, 1.82) is 0 Å². The Hall–Kier alpha value is -0.0400. The van der Waals surface area contributed by atoms with Gasteiger partial charge < -0.3 is 4.90 Å². The minimum Gasteiger partial charge on any atom is -0.307 e. The molecule has 2 bridgehead atoms. The minimum absolute atomic E-state index is 0.622. The third kappa shape index (κ3) is 1.54. The molecule has 2 saturated carbocycles. The summed E-state index contributed by atoms with van der Waals surface area (Å²) in [7, 11) is 4.43. The first-order valence-corrected chi connectivity index (χ1v) is 6.55. The highest BCUT2D eigenvalue weighted by molar-refractivity contribution is 5.08. The molecule has 2 atom stereocenters. The van der Waals surface area contributed by atoms with Gasteiger partial charge in [-0.3, -0.25) is 0 Å². The highest BCUT2D eigenvalue weighted by atomic mass is 15.1. The summed E-state index contributed by atoms with van der Waals surface area (Å²) in [4.78, 5) is 2.38. The van der Waals surface area contributed by atoms with Gasteiger partial charge in [0.25, 0.3) is 0 Å². The summed E-state index contributed by atoms with van der Waals surface area (Å²) >= 11 is 0. The Morgan fingerprint density at radius 2 is 1.73 bits per heavy atom. The topological polar surface area (TPSA) is 3.24 Å². The van der Waals surface area contributed by atoms with Crippen LogP contribution in [0.2, 0.25) is 0 Å². The molecule has 88 valence electrons. The number of hydrogen-bond donors (Lipinski definition) is 0. The van der Waals surface area contributed by atoms with E-state index in [1.54, 1.807) is 0 Å². The molecule has 2 unspecified atom stereocenters. The third-order valence-electron chi connectivity index (χ3n) is 5.97. The Bertz CT molecular complexity index is 238. The average molecular weight is 209 g/mol. The molecule has 0 radical (unpaired) electrons. The molecule has 0 aliphatic heterocycles. The van der Waals surface area contributed by atoms with E-state index in [0.717, 1.165) is 12.0 Å². The normalized spacial score (nSPS) is 46.4. The van der Waals surface area contributed by atoms with E-state index in [2.05, 4.69) is 39.8 Å². The summed E-state index contributed by atoms with van der Waals surface area (Å²) in [5.74, 6) is 1.02. The molecule has 1 heteroatoms. The van der Waals surface area contributed by atoms with E-state index < -0.39 is 0 Å². The molecule has 2 fully saturated rings. The molecule has 0 amide bonds. The number of hydrogen-bond acceptors (Lipinski definition) is 1. The van der Waals surface area contributed by atoms with Crippen molar-refractivity contribution >= 4 is 0 Å². The molecule has 2 aliphatic rings. The first-order valence-electron chi connectivity index (χ1n) is 6.55. The van der Waals surface area contributed by atoms with E-state index in [-0.39, 0.29) is 0 Å². The summed E-state index contributed by atoms with van der Waals surface area (Å²) < 4.78 is 0. The van der Waals surface area contributed by atoms with Gasteiger partial charge >= 0.3 is 0 Å². The lowest BCUT2D eigenvalue weighted by Gasteiger charge is -2.41. The maximum Gasteiger partial charge on any atom is 0.00663 e.